The minimum absolute atomic E-state index is 0.270. The Kier molecular flexibility index (Phi) is 7.74. The van der Waals surface area contributed by atoms with Crippen molar-refractivity contribution in [1.82, 2.24) is 4.90 Å². The zero-order valence-corrected chi connectivity index (χ0v) is 12.7. The smallest absolute Gasteiger partial charge is 0.222 e. The van der Waals surface area contributed by atoms with Crippen LogP contribution in [0.4, 0.5) is 0 Å². The Hall–Kier alpha value is -0.830. The van der Waals surface area contributed by atoms with E-state index in [0.29, 0.717) is 6.42 Å². The van der Waals surface area contributed by atoms with Crippen LogP contribution in [0.1, 0.15) is 31.7 Å². The highest BCUT2D eigenvalue weighted by Gasteiger charge is 2.11. The summed E-state index contributed by atoms with van der Waals surface area (Å²) in [6.07, 6.45) is 3.67. The number of hydrogen-bond donors (Lipinski definition) is 0. The van der Waals surface area contributed by atoms with Gasteiger partial charge in [-0.25, -0.2) is 0 Å². The fraction of sp³-hybridized carbons (Fsp3) is 0.533. The summed E-state index contributed by atoms with van der Waals surface area (Å²) in [7, 11) is 0. The number of carbonyl (C=O) groups is 1. The Morgan fingerprint density at radius 2 is 1.94 bits per heavy atom. The number of unbranched alkanes of at least 4 members (excludes halogenated alkanes) is 1. The minimum atomic E-state index is 0.270. The van der Waals surface area contributed by atoms with Crippen LogP contribution in [-0.4, -0.2) is 29.2 Å². The van der Waals surface area contributed by atoms with E-state index in [1.54, 1.807) is 0 Å². The van der Waals surface area contributed by atoms with Gasteiger partial charge in [0.15, 0.2) is 0 Å². The Balaban J connectivity index is 2.40. The van der Waals surface area contributed by atoms with Gasteiger partial charge in [-0.2, -0.15) is 0 Å². The lowest BCUT2D eigenvalue weighted by molar-refractivity contribution is -0.131. The lowest BCUT2D eigenvalue weighted by Crippen LogP contribution is -2.33. The fourth-order valence-corrected chi connectivity index (χ4v) is 2.29. The van der Waals surface area contributed by atoms with Crippen molar-refractivity contribution in [3.63, 3.8) is 0 Å². The molecule has 0 aliphatic carbocycles. The van der Waals surface area contributed by atoms with Crippen molar-refractivity contribution in [2.24, 2.45) is 0 Å². The van der Waals surface area contributed by atoms with Crippen LogP contribution in [-0.2, 0) is 11.2 Å². The van der Waals surface area contributed by atoms with Crippen LogP contribution in [0.25, 0.3) is 0 Å². The number of carbonyl (C=O) groups excluding carboxylic acids is 1. The molecule has 0 radical (unpaired) electrons. The van der Waals surface area contributed by atoms with Crippen LogP contribution in [0.5, 0.6) is 0 Å². The highest BCUT2D eigenvalue weighted by molar-refractivity contribution is 9.09. The first-order valence-electron chi connectivity index (χ1n) is 6.65. The summed E-state index contributed by atoms with van der Waals surface area (Å²) < 4.78 is 0. The highest BCUT2D eigenvalue weighted by Crippen LogP contribution is 2.06. The van der Waals surface area contributed by atoms with Crippen molar-refractivity contribution in [3.05, 3.63) is 35.9 Å². The number of hydrogen-bond acceptors (Lipinski definition) is 1. The first kappa shape index (κ1) is 15.2. The maximum atomic E-state index is 12.1. The van der Waals surface area contributed by atoms with Gasteiger partial charge in [0.1, 0.15) is 0 Å². The summed E-state index contributed by atoms with van der Waals surface area (Å²) in [5.41, 5.74) is 1.24. The maximum Gasteiger partial charge on any atom is 0.222 e. The van der Waals surface area contributed by atoms with Gasteiger partial charge in [-0.15, -0.1) is 0 Å². The minimum Gasteiger partial charge on any atom is -0.342 e. The molecule has 3 heteroatoms. The zero-order chi connectivity index (χ0) is 13.2. The fourth-order valence-electron chi connectivity index (χ4n) is 1.87. The molecular weight excluding hydrogens is 290 g/mol. The van der Waals surface area contributed by atoms with Gasteiger partial charge in [-0.1, -0.05) is 59.6 Å². The predicted octanol–water partition coefficient (Wildman–Crippen LogP) is 3.64. The van der Waals surface area contributed by atoms with Gasteiger partial charge < -0.3 is 4.90 Å². The molecule has 0 atom stereocenters. The van der Waals surface area contributed by atoms with E-state index >= 15 is 0 Å². The molecular formula is C15H22BrNO. The van der Waals surface area contributed by atoms with Crippen LogP contribution in [0, 0.1) is 0 Å². The van der Waals surface area contributed by atoms with Crippen molar-refractivity contribution in [1.29, 1.82) is 0 Å². The Morgan fingerprint density at radius 3 is 2.56 bits per heavy atom. The van der Waals surface area contributed by atoms with Gasteiger partial charge in [-0.3, -0.25) is 4.79 Å². The Bertz CT molecular complexity index is 340. The van der Waals surface area contributed by atoms with Crippen LogP contribution < -0.4 is 0 Å². The summed E-state index contributed by atoms with van der Waals surface area (Å²) in [5.74, 6) is 0.270. The molecule has 0 aliphatic heterocycles. The van der Waals surface area contributed by atoms with E-state index in [1.807, 2.05) is 23.1 Å². The lowest BCUT2D eigenvalue weighted by Gasteiger charge is -2.21. The van der Waals surface area contributed by atoms with Gasteiger partial charge in [0.05, 0.1) is 0 Å². The summed E-state index contributed by atoms with van der Waals surface area (Å²) in [5, 5.41) is 0.855. The largest absolute Gasteiger partial charge is 0.342 e. The second-order valence-corrected chi connectivity index (χ2v) is 5.20. The van der Waals surface area contributed by atoms with E-state index in [4.69, 9.17) is 0 Å². The molecule has 1 aromatic rings. The van der Waals surface area contributed by atoms with E-state index in [1.165, 1.54) is 5.56 Å². The normalized spacial score (nSPS) is 10.3. The van der Waals surface area contributed by atoms with Crippen molar-refractivity contribution < 1.29 is 4.79 Å². The first-order chi connectivity index (χ1) is 8.77. The molecule has 18 heavy (non-hydrogen) atoms. The molecule has 0 aliphatic rings. The second-order valence-electron chi connectivity index (χ2n) is 4.41. The van der Waals surface area contributed by atoms with Crippen molar-refractivity contribution in [2.75, 3.05) is 18.4 Å². The molecule has 100 valence electrons. The molecule has 0 spiro atoms. The third-order valence-electron chi connectivity index (χ3n) is 2.96. The molecule has 0 heterocycles. The first-order valence-corrected chi connectivity index (χ1v) is 7.77. The topological polar surface area (TPSA) is 20.3 Å². The van der Waals surface area contributed by atoms with Crippen LogP contribution in [0.2, 0.25) is 0 Å². The average Bonchev–Trinajstić information content (AvgIpc) is 2.42. The molecule has 0 aromatic heterocycles. The molecule has 0 unspecified atom stereocenters. The molecule has 1 rings (SSSR count). The van der Waals surface area contributed by atoms with E-state index in [2.05, 4.69) is 35.0 Å². The van der Waals surface area contributed by atoms with Gasteiger partial charge in [0.2, 0.25) is 5.91 Å². The molecule has 1 aromatic carbocycles. The van der Waals surface area contributed by atoms with E-state index in [-0.39, 0.29) is 5.91 Å². The Morgan fingerprint density at radius 1 is 1.22 bits per heavy atom. The quantitative estimate of drug-likeness (QED) is 0.671. The van der Waals surface area contributed by atoms with Gasteiger partial charge >= 0.3 is 0 Å². The van der Waals surface area contributed by atoms with Crippen molar-refractivity contribution in [2.45, 2.75) is 32.6 Å². The zero-order valence-electron chi connectivity index (χ0n) is 11.1. The molecule has 0 saturated carbocycles. The lowest BCUT2D eigenvalue weighted by atomic mass is 10.1. The van der Waals surface area contributed by atoms with Gasteiger partial charge in [0.25, 0.3) is 0 Å². The van der Waals surface area contributed by atoms with E-state index < -0.39 is 0 Å². The number of aryl methyl sites for hydroxylation is 1. The van der Waals surface area contributed by atoms with E-state index in [0.717, 1.165) is 37.7 Å². The summed E-state index contributed by atoms with van der Waals surface area (Å²) in [4.78, 5) is 14.1. The Labute approximate surface area is 119 Å². The van der Waals surface area contributed by atoms with E-state index in [9.17, 15) is 4.79 Å². The molecule has 0 saturated heterocycles. The van der Waals surface area contributed by atoms with Crippen molar-refractivity contribution >= 4 is 21.8 Å². The highest BCUT2D eigenvalue weighted by atomic mass is 79.9. The summed E-state index contributed by atoms with van der Waals surface area (Å²) in [6.45, 7) is 3.85. The van der Waals surface area contributed by atoms with Crippen molar-refractivity contribution in [3.8, 4) is 0 Å². The number of halogens is 1. The monoisotopic (exact) mass is 311 g/mol. The van der Waals surface area contributed by atoms with Crippen LogP contribution >= 0.6 is 15.9 Å². The van der Waals surface area contributed by atoms with Gasteiger partial charge in [0, 0.05) is 24.8 Å². The third kappa shape index (κ3) is 5.67. The number of benzene rings is 1. The van der Waals surface area contributed by atoms with Gasteiger partial charge in [-0.05, 0) is 18.4 Å². The number of amides is 1. The molecule has 1 amide bonds. The second kappa shape index (κ2) is 9.15. The average molecular weight is 312 g/mol. The SMILES string of the molecule is CCCCN(CCBr)C(=O)CCc1ccccc1. The number of alkyl halides is 1. The number of nitrogens with zero attached hydrogens (tertiary/aromatic N) is 1. The van der Waals surface area contributed by atoms with Crippen LogP contribution in [0.15, 0.2) is 30.3 Å². The van der Waals surface area contributed by atoms with Crippen LogP contribution in [0.3, 0.4) is 0 Å². The molecule has 0 fully saturated rings. The summed E-state index contributed by atoms with van der Waals surface area (Å²) >= 11 is 3.41. The third-order valence-corrected chi connectivity index (χ3v) is 3.31. The predicted molar refractivity (Wildman–Crippen MR) is 80.0 cm³/mol. The molecule has 2 nitrogen and oxygen atoms in total. The summed E-state index contributed by atoms with van der Waals surface area (Å²) in [6, 6.07) is 10.2. The number of rotatable bonds is 8. The maximum absolute atomic E-state index is 12.1. The molecule has 0 bridgehead atoms. The molecule has 0 N–H and O–H groups in total. The standard InChI is InChI=1S/C15H22BrNO/c1-2-3-12-17(13-11-16)15(18)10-9-14-7-5-4-6-8-14/h4-8H,2-3,9-13H2,1H3.